The van der Waals surface area contributed by atoms with Gasteiger partial charge in [0.1, 0.15) is 6.04 Å². The summed E-state index contributed by atoms with van der Waals surface area (Å²) in [5.41, 5.74) is 4.08. The SMILES string of the molecule is CCCNC(=O)[C@@H](Cc1ccccc1)N(Cc1cccc(C)c1)C(=O)CCc1ccccc1Cl. The van der Waals surface area contributed by atoms with Gasteiger partial charge in [-0.2, -0.15) is 0 Å². The van der Waals surface area contributed by atoms with Crippen molar-refractivity contribution in [2.75, 3.05) is 6.54 Å². The largest absolute Gasteiger partial charge is 0.354 e. The van der Waals surface area contributed by atoms with Crippen LogP contribution in [0.15, 0.2) is 78.9 Å². The molecule has 0 spiro atoms. The Hall–Kier alpha value is -3.11. The lowest BCUT2D eigenvalue weighted by Gasteiger charge is -2.32. The van der Waals surface area contributed by atoms with Crippen molar-refractivity contribution in [1.29, 1.82) is 0 Å². The van der Waals surface area contributed by atoms with Gasteiger partial charge in [-0.3, -0.25) is 9.59 Å². The number of halogens is 1. The zero-order valence-electron chi connectivity index (χ0n) is 20.0. The summed E-state index contributed by atoms with van der Waals surface area (Å²) in [6.07, 6.45) is 2.10. The van der Waals surface area contributed by atoms with Gasteiger partial charge in [-0.25, -0.2) is 0 Å². The average molecular weight is 477 g/mol. The fourth-order valence-corrected chi connectivity index (χ4v) is 4.24. The lowest BCUT2D eigenvalue weighted by atomic mass is 10.0. The first-order chi connectivity index (χ1) is 16.5. The first kappa shape index (κ1) is 25.5. The minimum absolute atomic E-state index is 0.0611. The van der Waals surface area contributed by atoms with Crippen LogP contribution in [-0.2, 0) is 29.0 Å². The quantitative estimate of drug-likeness (QED) is 0.383. The van der Waals surface area contributed by atoms with Crippen molar-refractivity contribution in [2.24, 2.45) is 0 Å². The van der Waals surface area contributed by atoms with E-state index in [4.69, 9.17) is 11.6 Å². The van der Waals surface area contributed by atoms with Crippen LogP contribution in [-0.4, -0.2) is 29.3 Å². The second kappa shape index (κ2) is 13.0. The predicted octanol–water partition coefficient (Wildman–Crippen LogP) is 5.75. The van der Waals surface area contributed by atoms with Gasteiger partial charge in [0.05, 0.1) is 0 Å². The van der Waals surface area contributed by atoms with Crippen LogP contribution in [0.4, 0.5) is 0 Å². The number of benzene rings is 3. The van der Waals surface area contributed by atoms with E-state index in [1.54, 1.807) is 4.90 Å². The van der Waals surface area contributed by atoms with Crippen molar-refractivity contribution < 1.29 is 9.59 Å². The van der Waals surface area contributed by atoms with E-state index in [1.807, 2.05) is 86.6 Å². The van der Waals surface area contributed by atoms with Crippen LogP contribution in [0.5, 0.6) is 0 Å². The molecule has 3 aromatic carbocycles. The molecule has 0 saturated carbocycles. The number of carbonyl (C=O) groups is 2. The zero-order chi connectivity index (χ0) is 24.3. The molecular weight excluding hydrogens is 444 g/mol. The third-order valence-corrected chi connectivity index (χ3v) is 6.19. The highest BCUT2D eigenvalue weighted by atomic mass is 35.5. The smallest absolute Gasteiger partial charge is 0.243 e. The molecule has 0 aromatic heterocycles. The van der Waals surface area contributed by atoms with Gasteiger partial charge >= 0.3 is 0 Å². The van der Waals surface area contributed by atoms with Gasteiger partial charge in [0.2, 0.25) is 11.8 Å². The number of nitrogens with one attached hydrogen (secondary N) is 1. The maximum Gasteiger partial charge on any atom is 0.243 e. The number of aryl methyl sites for hydroxylation is 2. The molecule has 0 unspecified atom stereocenters. The second-order valence-corrected chi connectivity index (χ2v) is 9.01. The number of carbonyl (C=O) groups excluding carboxylic acids is 2. The summed E-state index contributed by atoms with van der Waals surface area (Å²) in [4.78, 5) is 28.7. The van der Waals surface area contributed by atoms with Gasteiger partial charge in [-0.05, 0) is 42.5 Å². The molecule has 3 rings (SSSR count). The lowest BCUT2D eigenvalue weighted by Crippen LogP contribution is -2.50. The van der Waals surface area contributed by atoms with Crippen molar-refractivity contribution in [2.45, 2.75) is 52.1 Å². The van der Waals surface area contributed by atoms with Crippen LogP contribution in [0.2, 0.25) is 5.02 Å². The topological polar surface area (TPSA) is 49.4 Å². The Balaban J connectivity index is 1.90. The van der Waals surface area contributed by atoms with Crippen LogP contribution in [0.3, 0.4) is 0 Å². The number of amides is 2. The molecule has 0 saturated heterocycles. The summed E-state index contributed by atoms with van der Waals surface area (Å²) in [6, 6.07) is 24.9. The Morgan fingerprint density at radius 3 is 2.35 bits per heavy atom. The van der Waals surface area contributed by atoms with Crippen molar-refractivity contribution in [1.82, 2.24) is 10.2 Å². The standard InChI is InChI=1S/C29H33ClN2O2/c1-3-18-31-29(34)27(20-23-11-5-4-6-12-23)32(21-24-13-9-10-22(2)19-24)28(33)17-16-25-14-7-8-15-26(25)30/h4-15,19,27H,3,16-18,20-21H2,1-2H3,(H,31,34)/t27-/m1/s1. The average Bonchev–Trinajstić information content (AvgIpc) is 2.84. The summed E-state index contributed by atoms with van der Waals surface area (Å²) in [6.45, 7) is 5.00. The minimum atomic E-state index is -0.604. The fourth-order valence-electron chi connectivity index (χ4n) is 4.01. The van der Waals surface area contributed by atoms with Crippen LogP contribution in [0.25, 0.3) is 0 Å². The number of hydrogen-bond acceptors (Lipinski definition) is 2. The molecule has 34 heavy (non-hydrogen) atoms. The van der Waals surface area contributed by atoms with Crippen molar-refractivity contribution >= 4 is 23.4 Å². The van der Waals surface area contributed by atoms with E-state index in [0.29, 0.717) is 31.0 Å². The van der Waals surface area contributed by atoms with Crippen molar-refractivity contribution in [3.63, 3.8) is 0 Å². The van der Waals surface area contributed by atoms with Gasteiger partial charge in [-0.1, -0.05) is 96.9 Å². The molecule has 0 bridgehead atoms. The van der Waals surface area contributed by atoms with Crippen molar-refractivity contribution in [3.8, 4) is 0 Å². The predicted molar refractivity (Wildman–Crippen MR) is 139 cm³/mol. The van der Waals surface area contributed by atoms with E-state index in [2.05, 4.69) is 11.4 Å². The maximum atomic E-state index is 13.6. The third-order valence-electron chi connectivity index (χ3n) is 5.82. The summed E-state index contributed by atoms with van der Waals surface area (Å²) < 4.78 is 0. The van der Waals surface area contributed by atoms with Crippen LogP contribution >= 0.6 is 11.6 Å². The molecule has 1 atom stereocenters. The van der Waals surface area contributed by atoms with Gasteiger partial charge in [0.15, 0.2) is 0 Å². The molecule has 3 aromatic rings. The summed E-state index contributed by atoms with van der Waals surface area (Å²) in [5.74, 6) is -0.182. The maximum absolute atomic E-state index is 13.6. The van der Waals surface area contributed by atoms with E-state index >= 15 is 0 Å². The van der Waals surface area contributed by atoms with Crippen molar-refractivity contribution in [3.05, 3.63) is 106 Å². The first-order valence-corrected chi connectivity index (χ1v) is 12.3. The van der Waals surface area contributed by atoms with E-state index in [1.165, 1.54) is 0 Å². The van der Waals surface area contributed by atoms with Gasteiger partial charge in [0, 0.05) is 31.0 Å². The molecule has 0 aliphatic heterocycles. The number of hydrogen-bond donors (Lipinski definition) is 1. The molecule has 5 heteroatoms. The molecular formula is C29H33ClN2O2. The second-order valence-electron chi connectivity index (χ2n) is 8.60. The third kappa shape index (κ3) is 7.46. The Bertz CT molecular complexity index is 1080. The van der Waals surface area contributed by atoms with E-state index in [-0.39, 0.29) is 18.2 Å². The normalized spacial score (nSPS) is 11.6. The molecule has 0 heterocycles. The Kier molecular flexibility index (Phi) is 9.72. The Labute approximate surface area is 207 Å². The lowest BCUT2D eigenvalue weighted by molar-refractivity contribution is -0.141. The van der Waals surface area contributed by atoms with Crippen LogP contribution in [0, 0.1) is 6.92 Å². The Morgan fingerprint density at radius 1 is 0.941 bits per heavy atom. The first-order valence-electron chi connectivity index (χ1n) is 11.9. The highest BCUT2D eigenvalue weighted by molar-refractivity contribution is 6.31. The zero-order valence-corrected chi connectivity index (χ0v) is 20.7. The monoisotopic (exact) mass is 476 g/mol. The molecule has 178 valence electrons. The summed E-state index contributed by atoms with van der Waals surface area (Å²) in [7, 11) is 0. The van der Waals surface area contributed by atoms with E-state index in [0.717, 1.165) is 28.7 Å². The summed E-state index contributed by atoms with van der Waals surface area (Å²) in [5, 5.41) is 3.67. The highest BCUT2D eigenvalue weighted by Gasteiger charge is 2.30. The van der Waals surface area contributed by atoms with Crippen LogP contribution in [0.1, 0.15) is 42.0 Å². The van der Waals surface area contributed by atoms with Gasteiger partial charge < -0.3 is 10.2 Å². The molecule has 0 aliphatic rings. The number of rotatable bonds is 11. The fraction of sp³-hybridized carbons (Fsp3) is 0.310. The Morgan fingerprint density at radius 2 is 1.65 bits per heavy atom. The molecule has 2 amide bonds. The minimum Gasteiger partial charge on any atom is -0.354 e. The van der Waals surface area contributed by atoms with Crippen LogP contribution < -0.4 is 5.32 Å². The van der Waals surface area contributed by atoms with Gasteiger partial charge in [0.25, 0.3) is 0 Å². The molecule has 0 fully saturated rings. The molecule has 0 radical (unpaired) electrons. The molecule has 4 nitrogen and oxygen atoms in total. The molecule has 1 N–H and O–H groups in total. The number of nitrogens with zero attached hydrogens (tertiary/aromatic N) is 1. The van der Waals surface area contributed by atoms with Gasteiger partial charge in [-0.15, -0.1) is 0 Å². The highest BCUT2D eigenvalue weighted by Crippen LogP contribution is 2.20. The van der Waals surface area contributed by atoms with E-state index in [9.17, 15) is 9.59 Å². The van der Waals surface area contributed by atoms with E-state index < -0.39 is 6.04 Å². The molecule has 0 aliphatic carbocycles. The summed E-state index contributed by atoms with van der Waals surface area (Å²) >= 11 is 6.32.